The Balaban J connectivity index is 1.32. The maximum absolute atomic E-state index is 9.55. The van der Waals surface area contributed by atoms with E-state index in [2.05, 4.69) is 36.4 Å². The summed E-state index contributed by atoms with van der Waals surface area (Å²) >= 11 is 0. The lowest BCUT2D eigenvalue weighted by molar-refractivity contribution is 0.198. The molecule has 3 N–H and O–H groups in total. The molecule has 0 heterocycles. The minimum absolute atomic E-state index is 0.102. The van der Waals surface area contributed by atoms with E-state index in [0.717, 1.165) is 37.4 Å². The summed E-state index contributed by atoms with van der Waals surface area (Å²) in [6.07, 6.45) is 10.2. The fourth-order valence-corrected chi connectivity index (χ4v) is 5.43. The van der Waals surface area contributed by atoms with Gasteiger partial charge in [0.15, 0.2) is 0 Å². The molecule has 0 saturated heterocycles. The van der Waals surface area contributed by atoms with E-state index in [4.69, 9.17) is 10.5 Å². The third-order valence-corrected chi connectivity index (χ3v) is 7.24. The Labute approximate surface area is 175 Å². The molecular formula is C26H35NO2. The molecule has 0 amide bonds. The predicted molar refractivity (Wildman–Crippen MR) is 118 cm³/mol. The monoisotopic (exact) mass is 393 g/mol. The van der Waals surface area contributed by atoms with Crippen molar-refractivity contribution in [1.29, 1.82) is 0 Å². The van der Waals surface area contributed by atoms with Crippen molar-refractivity contribution in [2.24, 2.45) is 11.7 Å². The number of nitrogens with two attached hydrogens (primary N) is 1. The van der Waals surface area contributed by atoms with Gasteiger partial charge in [-0.25, -0.2) is 0 Å². The minimum atomic E-state index is -0.368. The molecule has 3 nitrogen and oxygen atoms in total. The number of rotatable bonds is 7. The molecule has 0 radical (unpaired) electrons. The van der Waals surface area contributed by atoms with Crippen LogP contribution in [0.4, 0.5) is 0 Å². The molecule has 2 aromatic carbocycles. The SMILES string of the molecule is COc1ccccc1CCCC1CCc2cc([C@H]3CC[C@](N)(CO)C3)ccc2C1. The van der Waals surface area contributed by atoms with Crippen molar-refractivity contribution < 1.29 is 9.84 Å². The molecule has 3 heteroatoms. The van der Waals surface area contributed by atoms with Crippen LogP contribution in [-0.2, 0) is 19.3 Å². The summed E-state index contributed by atoms with van der Waals surface area (Å²) in [5, 5.41) is 9.55. The van der Waals surface area contributed by atoms with Gasteiger partial charge < -0.3 is 15.6 Å². The quantitative estimate of drug-likeness (QED) is 0.712. The average molecular weight is 394 g/mol. The zero-order chi connectivity index (χ0) is 20.3. The van der Waals surface area contributed by atoms with Crippen LogP contribution >= 0.6 is 0 Å². The first-order valence-electron chi connectivity index (χ1n) is 11.2. The Morgan fingerprint density at radius 2 is 2.00 bits per heavy atom. The van der Waals surface area contributed by atoms with Crippen LogP contribution in [0.1, 0.15) is 66.7 Å². The molecular weight excluding hydrogens is 358 g/mol. The second kappa shape index (κ2) is 8.89. The first-order chi connectivity index (χ1) is 14.1. The molecule has 2 aromatic rings. The summed E-state index contributed by atoms with van der Waals surface area (Å²) in [5.41, 5.74) is 11.8. The fraction of sp³-hybridized carbons (Fsp3) is 0.538. The van der Waals surface area contributed by atoms with Crippen molar-refractivity contribution in [3.63, 3.8) is 0 Å². The third kappa shape index (κ3) is 4.67. The van der Waals surface area contributed by atoms with Crippen LogP contribution < -0.4 is 10.5 Å². The van der Waals surface area contributed by atoms with Gasteiger partial charge in [0.1, 0.15) is 5.75 Å². The highest BCUT2D eigenvalue weighted by atomic mass is 16.5. The molecule has 1 fully saturated rings. The minimum Gasteiger partial charge on any atom is -0.496 e. The summed E-state index contributed by atoms with van der Waals surface area (Å²) < 4.78 is 5.49. The highest BCUT2D eigenvalue weighted by molar-refractivity contribution is 5.37. The second-order valence-corrected chi connectivity index (χ2v) is 9.30. The van der Waals surface area contributed by atoms with Crippen molar-refractivity contribution in [3.8, 4) is 5.75 Å². The number of fused-ring (bicyclic) bond motifs is 1. The number of aliphatic hydroxyl groups excluding tert-OH is 1. The molecule has 3 atom stereocenters. The Kier molecular flexibility index (Phi) is 6.26. The lowest BCUT2D eigenvalue weighted by Gasteiger charge is -2.26. The summed E-state index contributed by atoms with van der Waals surface area (Å²) in [6, 6.07) is 15.5. The maximum atomic E-state index is 9.55. The number of ether oxygens (including phenoxy) is 1. The van der Waals surface area contributed by atoms with Gasteiger partial charge in [-0.05, 0) is 97.9 Å². The van der Waals surface area contributed by atoms with Crippen LogP contribution in [0.2, 0.25) is 0 Å². The highest BCUT2D eigenvalue weighted by Crippen LogP contribution is 2.41. The van der Waals surface area contributed by atoms with Crippen molar-refractivity contribution in [3.05, 3.63) is 64.7 Å². The van der Waals surface area contributed by atoms with E-state index in [1.807, 2.05) is 6.07 Å². The summed E-state index contributed by atoms with van der Waals surface area (Å²) in [6.45, 7) is 0.102. The van der Waals surface area contributed by atoms with E-state index in [9.17, 15) is 5.11 Å². The topological polar surface area (TPSA) is 55.5 Å². The van der Waals surface area contributed by atoms with Gasteiger partial charge in [0, 0.05) is 5.54 Å². The number of benzene rings is 2. The maximum Gasteiger partial charge on any atom is 0.122 e. The Morgan fingerprint density at radius 3 is 2.79 bits per heavy atom. The molecule has 2 aliphatic rings. The number of aryl methyl sites for hydroxylation is 2. The molecule has 0 aliphatic heterocycles. The van der Waals surface area contributed by atoms with Crippen molar-refractivity contribution in [2.45, 2.75) is 69.2 Å². The zero-order valence-electron chi connectivity index (χ0n) is 17.7. The van der Waals surface area contributed by atoms with Crippen molar-refractivity contribution >= 4 is 0 Å². The van der Waals surface area contributed by atoms with Crippen molar-refractivity contribution in [1.82, 2.24) is 0 Å². The normalized spacial score (nSPS) is 26.3. The van der Waals surface area contributed by atoms with Gasteiger partial charge in [-0.2, -0.15) is 0 Å². The van der Waals surface area contributed by atoms with E-state index in [-0.39, 0.29) is 12.1 Å². The van der Waals surface area contributed by atoms with Crippen LogP contribution in [-0.4, -0.2) is 24.4 Å². The van der Waals surface area contributed by atoms with Gasteiger partial charge in [0.05, 0.1) is 13.7 Å². The molecule has 2 aliphatic carbocycles. The van der Waals surface area contributed by atoms with Crippen LogP contribution in [0.3, 0.4) is 0 Å². The number of hydrogen-bond donors (Lipinski definition) is 2. The lowest BCUT2D eigenvalue weighted by atomic mass is 9.79. The van der Waals surface area contributed by atoms with Gasteiger partial charge in [-0.3, -0.25) is 0 Å². The van der Waals surface area contributed by atoms with Crippen LogP contribution in [0.5, 0.6) is 5.75 Å². The number of para-hydroxylation sites is 1. The first-order valence-corrected chi connectivity index (χ1v) is 11.2. The molecule has 1 unspecified atom stereocenters. The number of hydrogen-bond acceptors (Lipinski definition) is 3. The molecule has 4 rings (SSSR count). The Hall–Kier alpha value is -1.84. The van der Waals surface area contributed by atoms with E-state index >= 15 is 0 Å². The summed E-state index contributed by atoms with van der Waals surface area (Å²) in [4.78, 5) is 0. The molecule has 1 saturated carbocycles. The smallest absolute Gasteiger partial charge is 0.122 e. The molecule has 0 aromatic heterocycles. The third-order valence-electron chi connectivity index (χ3n) is 7.24. The molecule has 0 spiro atoms. The van der Waals surface area contributed by atoms with Gasteiger partial charge in [0.2, 0.25) is 0 Å². The van der Waals surface area contributed by atoms with Crippen LogP contribution in [0.15, 0.2) is 42.5 Å². The second-order valence-electron chi connectivity index (χ2n) is 9.30. The standard InChI is InChI=1S/C26H35NO2/c1-29-25-8-3-2-6-20(25)7-4-5-19-9-10-22-16-23(12-11-21(22)15-19)24-13-14-26(27,17-24)18-28/h2-3,6,8,11-12,16,19,24,28H,4-5,7,9-10,13-15,17-18,27H2,1H3/t19?,24-,26+/m0/s1. The lowest BCUT2D eigenvalue weighted by Crippen LogP contribution is -2.40. The molecule has 0 bridgehead atoms. The fourth-order valence-electron chi connectivity index (χ4n) is 5.43. The number of aliphatic hydroxyl groups is 1. The molecule has 29 heavy (non-hydrogen) atoms. The van der Waals surface area contributed by atoms with Gasteiger partial charge in [-0.15, -0.1) is 0 Å². The van der Waals surface area contributed by atoms with Gasteiger partial charge in [0.25, 0.3) is 0 Å². The molecule has 156 valence electrons. The van der Waals surface area contributed by atoms with E-state index in [1.54, 1.807) is 18.2 Å². The van der Waals surface area contributed by atoms with Gasteiger partial charge in [-0.1, -0.05) is 36.4 Å². The summed E-state index contributed by atoms with van der Waals surface area (Å²) in [5.74, 6) is 2.32. The predicted octanol–water partition coefficient (Wildman–Crippen LogP) is 4.78. The Morgan fingerprint density at radius 1 is 1.14 bits per heavy atom. The summed E-state index contributed by atoms with van der Waals surface area (Å²) in [7, 11) is 1.76. The van der Waals surface area contributed by atoms with Crippen LogP contribution in [0.25, 0.3) is 0 Å². The van der Waals surface area contributed by atoms with Crippen LogP contribution in [0, 0.1) is 5.92 Å². The van der Waals surface area contributed by atoms with E-state index in [1.165, 1.54) is 43.2 Å². The zero-order valence-corrected chi connectivity index (χ0v) is 17.7. The number of methoxy groups -OCH3 is 1. The van der Waals surface area contributed by atoms with E-state index in [0.29, 0.717) is 5.92 Å². The Bertz CT molecular complexity index is 833. The van der Waals surface area contributed by atoms with Crippen molar-refractivity contribution in [2.75, 3.05) is 13.7 Å². The largest absolute Gasteiger partial charge is 0.496 e. The highest BCUT2D eigenvalue weighted by Gasteiger charge is 2.36. The average Bonchev–Trinajstić information content (AvgIpc) is 3.16. The van der Waals surface area contributed by atoms with E-state index < -0.39 is 0 Å². The van der Waals surface area contributed by atoms with Gasteiger partial charge >= 0.3 is 0 Å². The first kappa shape index (κ1) is 20.4.